The molecule has 0 aromatic heterocycles. The number of rotatable bonds is 0. The summed E-state index contributed by atoms with van der Waals surface area (Å²) < 4.78 is 17.8. The maximum Gasteiger partial charge on any atom is 0 e. The van der Waals surface area contributed by atoms with Crippen LogP contribution in [0.3, 0.4) is 0 Å². The third kappa shape index (κ3) is 348. The quantitative estimate of drug-likeness (QED) is 0.151. The van der Waals surface area contributed by atoms with Crippen molar-refractivity contribution in [1.82, 2.24) is 0 Å². The van der Waals surface area contributed by atoms with Crippen LogP contribution < -0.4 is 0 Å². The monoisotopic (exact) mass is 636 g/mol. The second-order valence-corrected chi connectivity index (χ2v) is 3.08. The van der Waals surface area contributed by atoms with E-state index in [1.165, 1.54) is 36.0 Å². The molecule has 0 aliphatic heterocycles. The Kier molecular flexibility index (Phi) is 54.8. The minimum absolute atomic E-state index is 0. The molecule has 0 spiro atoms. The van der Waals surface area contributed by atoms with Gasteiger partial charge in [-0.25, -0.2) is 9.13 Å². The molecule has 0 unspecified atom stereocenters. The summed E-state index contributed by atoms with van der Waals surface area (Å²) in [7, 11) is -1.09. The summed E-state index contributed by atoms with van der Waals surface area (Å²) in [6.45, 7) is 0. The molecule has 0 aliphatic carbocycles. The summed E-state index contributed by atoms with van der Waals surface area (Å²) in [5.74, 6) is 0. The SMILES string of the molecule is O=P(O)(O)O.O=P(O)(O)O.[S]=[Mo].[S]=[Mo].[Zr].[Zr]. The summed E-state index contributed by atoms with van der Waals surface area (Å²) in [5, 5.41) is 0. The Morgan fingerprint density at radius 1 is 0.625 bits per heavy atom. The van der Waals surface area contributed by atoms with Crippen molar-refractivity contribution >= 4 is 35.3 Å². The van der Waals surface area contributed by atoms with Gasteiger partial charge >= 0.3 is 71.3 Å². The van der Waals surface area contributed by atoms with Gasteiger partial charge in [0.1, 0.15) is 0 Å². The molecule has 0 atom stereocenters. The molecule has 0 rings (SSSR count). The van der Waals surface area contributed by atoms with Crippen LogP contribution in [0.2, 0.25) is 0 Å². The molecule has 0 amide bonds. The van der Waals surface area contributed by atoms with Crippen LogP contribution in [-0.4, -0.2) is 29.4 Å². The van der Waals surface area contributed by atoms with Gasteiger partial charge < -0.3 is 29.4 Å². The summed E-state index contributed by atoms with van der Waals surface area (Å²) >= 11 is 3.07. The van der Waals surface area contributed by atoms with E-state index in [1.807, 2.05) is 0 Å². The molecule has 8 nitrogen and oxygen atoms in total. The normalized spacial score (nSPS) is 7.88. The van der Waals surface area contributed by atoms with Crippen molar-refractivity contribution in [2.75, 3.05) is 0 Å². The summed E-state index contributed by atoms with van der Waals surface area (Å²) in [6.07, 6.45) is 0. The van der Waals surface area contributed by atoms with E-state index in [2.05, 4.69) is 19.6 Å². The van der Waals surface area contributed by atoms with E-state index >= 15 is 0 Å². The van der Waals surface area contributed by atoms with Gasteiger partial charge in [-0.05, 0) is 0 Å². The number of hydrogen-bond acceptors (Lipinski definition) is 4. The van der Waals surface area contributed by atoms with Crippen molar-refractivity contribution in [2.24, 2.45) is 0 Å². The molecule has 0 saturated carbocycles. The maximum absolute atomic E-state index is 8.88. The average Bonchev–Trinajstić information content (AvgIpc) is 1.88. The van der Waals surface area contributed by atoms with Crippen molar-refractivity contribution < 1.29 is 127 Å². The molecule has 0 bridgehead atoms. The van der Waals surface area contributed by atoms with Gasteiger partial charge in [-0.1, -0.05) is 0 Å². The van der Waals surface area contributed by atoms with E-state index in [-0.39, 0.29) is 52.4 Å². The first-order chi connectivity index (χ1) is 6.00. The molecule has 16 heteroatoms. The number of hydrogen-bond donors (Lipinski definition) is 6. The van der Waals surface area contributed by atoms with Crippen LogP contribution in [0.4, 0.5) is 0 Å². The molecule has 0 saturated heterocycles. The van der Waals surface area contributed by atoms with Crippen molar-refractivity contribution in [3.05, 3.63) is 0 Å². The number of phosphoric acid groups is 2. The Morgan fingerprint density at radius 2 is 0.625 bits per heavy atom. The fourth-order valence-electron chi connectivity index (χ4n) is 0. The first kappa shape index (κ1) is 36.7. The van der Waals surface area contributed by atoms with Crippen LogP contribution >= 0.6 is 35.3 Å². The fourth-order valence-corrected chi connectivity index (χ4v) is 0. The summed E-state index contributed by atoms with van der Waals surface area (Å²) in [5.41, 5.74) is 0. The van der Waals surface area contributed by atoms with E-state index in [0.29, 0.717) is 0 Å². The zero-order chi connectivity index (χ0) is 13.0. The van der Waals surface area contributed by atoms with Crippen LogP contribution in [0.1, 0.15) is 0 Å². The van der Waals surface area contributed by atoms with Gasteiger partial charge in [0.05, 0.1) is 0 Å². The Balaban J connectivity index is -0.0000000218. The van der Waals surface area contributed by atoms with E-state index in [1.54, 1.807) is 0 Å². The average molecular weight is 634 g/mol. The van der Waals surface area contributed by atoms with Gasteiger partial charge in [0, 0.05) is 52.4 Å². The molecule has 0 aromatic carbocycles. The first-order valence-electron chi connectivity index (χ1n) is 1.90. The predicted molar refractivity (Wildman–Crippen MR) is 43.7 cm³/mol. The summed E-state index contributed by atoms with van der Waals surface area (Å²) in [4.78, 5) is 43.1. The molecule has 16 heavy (non-hydrogen) atoms. The molecular formula is H6Mo2O8P2S2Zr2. The third-order valence-corrected chi connectivity index (χ3v) is 0. The van der Waals surface area contributed by atoms with E-state index in [9.17, 15) is 0 Å². The van der Waals surface area contributed by atoms with Gasteiger partial charge in [0.25, 0.3) is 0 Å². The van der Waals surface area contributed by atoms with Crippen LogP contribution in [0.25, 0.3) is 0 Å². The third-order valence-electron chi connectivity index (χ3n) is 0. The van der Waals surface area contributed by atoms with Crippen LogP contribution in [0.5, 0.6) is 0 Å². The van der Waals surface area contributed by atoms with E-state index < -0.39 is 15.6 Å². The second-order valence-electron chi connectivity index (χ2n) is 1.03. The van der Waals surface area contributed by atoms with Crippen LogP contribution in [0, 0.1) is 0 Å². The van der Waals surface area contributed by atoms with Crippen molar-refractivity contribution in [2.45, 2.75) is 0 Å². The van der Waals surface area contributed by atoms with Crippen molar-refractivity contribution in [1.29, 1.82) is 0 Å². The Hall–Kier alpha value is 3.80. The topological polar surface area (TPSA) is 156 Å². The molecule has 0 aliphatic rings. The minimum Gasteiger partial charge on any atom is 0 e. The Bertz CT molecular complexity index is 166. The molecule has 0 aromatic rings. The first-order valence-corrected chi connectivity index (χ1v) is 10.6. The Labute approximate surface area is 159 Å². The van der Waals surface area contributed by atoms with Gasteiger partial charge in [-0.15, -0.1) is 0 Å². The molecule has 0 radical (unpaired) electrons. The fraction of sp³-hybridized carbons (Fsp3) is 0. The maximum atomic E-state index is 8.88. The standard InChI is InChI=1S/2Mo.2H3O4P.2S.2Zr/c;;2*1-5(2,3)4;;;;/h;;2*(H3,1,2,3,4);;;;. The second kappa shape index (κ2) is 23.9. The van der Waals surface area contributed by atoms with Crippen molar-refractivity contribution in [3.63, 3.8) is 0 Å². The smallest absolute Gasteiger partial charge is 0 e. The van der Waals surface area contributed by atoms with Crippen LogP contribution in [0.15, 0.2) is 0 Å². The molecule has 0 fully saturated rings. The zero-order valence-electron chi connectivity index (χ0n) is 7.03. The molecule has 0 heterocycles. The largest absolute Gasteiger partial charge is 0 e. The Morgan fingerprint density at radius 3 is 0.625 bits per heavy atom. The summed E-state index contributed by atoms with van der Waals surface area (Å²) in [6, 6.07) is 0. The molecular weight excluding hydrogens is 628 g/mol. The molecule has 6 N–H and O–H groups in total. The molecule has 96 valence electrons. The van der Waals surface area contributed by atoms with Gasteiger partial charge in [-0.3, -0.25) is 0 Å². The zero-order valence-corrected chi connectivity index (χ0v) is 19.4. The van der Waals surface area contributed by atoms with Gasteiger partial charge in [0.15, 0.2) is 0 Å². The van der Waals surface area contributed by atoms with Gasteiger partial charge in [-0.2, -0.15) is 0 Å². The van der Waals surface area contributed by atoms with E-state index in [0.717, 1.165) is 0 Å². The van der Waals surface area contributed by atoms with Crippen molar-refractivity contribution in [3.8, 4) is 0 Å². The minimum atomic E-state index is -4.64. The van der Waals surface area contributed by atoms with Crippen LogP contribution in [-0.2, 0) is 97.5 Å². The van der Waals surface area contributed by atoms with Gasteiger partial charge in [0.2, 0.25) is 0 Å². The predicted octanol–water partition coefficient (Wildman–Crippen LogP) is -0.571. The van der Waals surface area contributed by atoms with E-state index in [4.69, 9.17) is 38.5 Å².